The minimum atomic E-state index is -5.57. The monoisotopic (exact) mass is 427 g/mol. The Bertz CT molecular complexity index is 662. The second-order valence-corrected chi connectivity index (χ2v) is 6.51. The third kappa shape index (κ3) is 7.40. The van der Waals surface area contributed by atoms with Crippen molar-refractivity contribution in [2.75, 3.05) is 24.6 Å². The van der Waals surface area contributed by atoms with Crippen LogP contribution in [0.25, 0.3) is 6.08 Å². The van der Waals surface area contributed by atoms with Gasteiger partial charge in [-0.25, -0.2) is 4.98 Å². The molecule has 0 saturated carbocycles. The van der Waals surface area contributed by atoms with Crippen LogP contribution in [-0.2, 0) is 0 Å². The number of hydrogen-bond acceptors (Lipinski definition) is 4. The zero-order chi connectivity index (χ0) is 22.2. The van der Waals surface area contributed by atoms with Crippen molar-refractivity contribution >= 4 is 12.0 Å². The largest absolute Gasteiger partial charge is 0.477 e. The van der Waals surface area contributed by atoms with Gasteiger partial charge in [0.1, 0.15) is 5.57 Å². The summed E-state index contributed by atoms with van der Waals surface area (Å²) in [7, 11) is 0. The normalized spacial score (nSPS) is 12.1. The number of anilines is 1. The molecule has 0 N–H and O–H groups in total. The lowest BCUT2D eigenvalue weighted by Gasteiger charge is -2.24. The predicted molar refractivity (Wildman–Crippen MR) is 100 cm³/mol. The van der Waals surface area contributed by atoms with E-state index in [1.54, 1.807) is 6.92 Å². The lowest BCUT2D eigenvalue weighted by molar-refractivity contribution is -0.170. The Hall–Kier alpha value is -2.00. The SMILES string of the molecule is CCCCN(CCCC)c1nc(C)c(C=C(C(F)(F)F)C(F)(F)F)c(OCC)n1. The Morgan fingerprint density at radius 3 is 1.86 bits per heavy atom. The fourth-order valence-electron chi connectivity index (χ4n) is 2.57. The van der Waals surface area contributed by atoms with Crippen LogP contribution in [-0.4, -0.2) is 42.0 Å². The first-order valence-electron chi connectivity index (χ1n) is 9.58. The van der Waals surface area contributed by atoms with Gasteiger partial charge in [-0.05, 0) is 32.8 Å². The summed E-state index contributed by atoms with van der Waals surface area (Å²) in [6, 6.07) is 0. The Kier molecular flexibility index (Phi) is 9.22. The second-order valence-electron chi connectivity index (χ2n) is 6.51. The fourth-order valence-corrected chi connectivity index (χ4v) is 2.57. The molecule has 0 spiro atoms. The number of halogens is 6. The van der Waals surface area contributed by atoms with Crippen molar-refractivity contribution in [2.24, 2.45) is 0 Å². The molecule has 0 radical (unpaired) electrons. The van der Waals surface area contributed by atoms with Gasteiger partial charge < -0.3 is 9.64 Å². The summed E-state index contributed by atoms with van der Waals surface area (Å²) >= 11 is 0. The van der Waals surface area contributed by atoms with Crippen LogP contribution in [0.4, 0.5) is 32.3 Å². The third-order valence-corrected chi connectivity index (χ3v) is 4.12. The molecular formula is C19H27F6N3O. The van der Waals surface area contributed by atoms with Crippen LogP contribution in [0.2, 0.25) is 0 Å². The summed E-state index contributed by atoms with van der Waals surface area (Å²) in [4.78, 5) is 10.2. The number of ether oxygens (including phenoxy) is 1. The fraction of sp³-hybridized carbons (Fsp3) is 0.684. The number of nitrogens with zero attached hydrogens (tertiary/aromatic N) is 3. The van der Waals surface area contributed by atoms with Crippen molar-refractivity contribution in [1.29, 1.82) is 0 Å². The van der Waals surface area contributed by atoms with Gasteiger partial charge in [0.05, 0.1) is 17.9 Å². The Morgan fingerprint density at radius 1 is 0.931 bits per heavy atom. The van der Waals surface area contributed by atoms with Crippen LogP contribution in [0.1, 0.15) is 57.7 Å². The van der Waals surface area contributed by atoms with Gasteiger partial charge in [-0.3, -0.25) is 0 Å². The zero-order valence-corrected chi connectivity index (χ0v) is 17.0. The average Bonchev–Trinajstić information content (AvgIpc) is 2.59. The molecule has 0 bridgehead atoms. The van der Waals surface area contributed by atoms with Crippen molar-refractivity contribution in [2.45, 2.75) is 65.7 Å². The van der Waals surface area contributed by atoms with Gasteiger partial charge in [-0.2, -0.15) is 31.3 Å². The molecule has 0 aliphatic heterocycles. The standard InChI is InChI=1S/C19H27F6N3O/c1-5-8-10-28(11-9-6-2)17-26-13(4)14(16(27-17)29-7-3)12-15(18(20,21)22)19(23,24)25/h12H,5-11H2,1-4H3. The number of unbranched alkanes of at least 4 members (excludes halogenated alkanes) is 2. The number of aryl methyl sites for hydroxylation is 1. The van der Waals surface area contributed by atoms with Crippen molar-refractivity contribution in [3.05, 3.63) is 16.8 Å². The molecule has 10 heteroatoms. The Morgan fingerprint density at radius 2 is 1.45 bits per heavy atom. The summed E-state index contributed by atoms with van der Waals surface area (Å²) in [5.41, 5.74) is -3.06. The summed E-state index contributed by atoms with van der Waals surface area (Å²) in [6.07, 6.45) is -7.58. The maximum absolute atomic E-state index is 13.0. The lowest BCUT2D eigenvalue weighted by Crippen LogP contribution is -2.28. The molecule has 0 amide bonds. The minimum absolute atomic E-state index is 0.0116. The van der Waals surface area contributed by atoms with E-state index in [1.807, 2.05) is 18.7 Å². The molecule has 1 aromatic rings. The van der Waals surface area contributed by atoms with Gasteiger partial charge in [0, 0.05) is 13.1 Å². The van der Waals surface area contributed by atoms with Crippen molar-refractivity contribution in [3.63, 3.8) is 0 Å². The number of hydrogen-bond donors (Lipinski definition) is 0. The molecule has 0 aromatic carbocycles. The van der Waals surface area contributed by atoms with Crippen molar-refractivity contribution in [3.8, 4) is 5.88 Å². The van der Waals surface area contributed by atoms with Crippen molar-refractivity contribution < 1.29 is 31.1 Å². The highest BCUT2D eigenvalue weighted by Crippen LogP contribution is 2.41. The van der Waals surface area contributed by atoms with Crippen LogP contribution in [0.3, 0.4) is 0 Å². The van der Waals surface area contributed by atoms with Crippen LogP contribution >= 0.6 is 0 Å². The molecule has 1 rings (SSSR count). The maximum Gasteiger partial charge on any atom is 0.421 e. The van der Waals surface area contributed by atoms with Gasteiger partial charge in [-0.15, -0.1) is 0 Å². The lowest BCUT2D eigenvalue weighted by atomic mass is 10.1. The molecule has 1 aromatic heterocycles. The highest BCUT2D eigenvalue weighted by Gasteiger charge is 2.51. The highest BCUT2D eigenvalue weighted by molar-refractivity contribution is 5.63. The van der Waals surface area contributed by atoms with E-state index in [2.05, 4.69) is 9.97 Å². The van der Waals surface area contributed by atoms with Gasteiger partial charge >= 0.3 is 12.4 Å². The number of allylic oxidation sites excluding steroid dienone is 1. The van der Waals surface area contributed by atoms with E-state index in [-0.39, 0.29) is 30.2 Å². The predicted octanol–water partition coefficient (Wildman–Crippen LogP) is 6.10. The third-order valence-electron chi connectivity index (χ3n) is 4.12. The van der Waals surface area contributed by atoms with Crippen LogP contribution in [0, 0.1) is 6.92 Å². The van der Waals surface area contributed by atoms with E-state index in [1.165, 1.54) is 6.92 Å². The van der Waals surface area contributed by atoms with Crippen LogP contribution in [0.5, 0.6) is 5.88 Å². The van der Waals surface area contributed by atoms with Gasteiger partial charge in [0.25, 0.3) is 0 Å². The van der Waals surface area contributed by atoms with E-state index in [0.717, 1.165) is 25.7 Å². The first kappa shape index (κ1) is 25.0. The second kappa shape index (κ2) is 10.7. The first-order valence-corrected chi connectivity index (χ1v) is 9.58. The Balaban J connectivity index is 3.52. The first-order chi connectivity index (χ1) is 13.5. The van der Waals surface area contributed by atoms with E-state index < -0.39 is 23.5 Å². The number of aromatic nitrogens is 2. The summed E-state index contributed by atoms with van der Waals surface area (Å²) in [5.74, 6) is -0.0513. The molecule has 1 heterocycles. The minimum Gasteiger partial charge on any atom is -0.477 e. The quantitative estimate of drug-likeness (QED) is 0.423. The molecule has 0 unspecified atom stereocenters. The molecule has 4 nitrogen and oxygen atoms in total. The van der Waals surface area contributed by atoms with Gasteiger partial charge in [-0.1, -0.05) is 26.7 Å². The zero-order valence-electron chi connectivity index (χ0n) is 17.0. The van der Waals surface area contributed by atoms with Crippen molar-refractivity contribution in [1.82, 2.24) is 9.97 Å². The molecule has 0 aliphatic carbocycles. The molecule has 166 valence electrons. The average molecular weight is 427 g/mol. The smallest absolute Gasteiger partial charge is 0.421 e. The summed E-state index contributed by atoms with van der Waals surface area (Å²) in [5, 5.41) is 0. The van der Waals surface area contributed by atoms with E-state index in [4.69, 9.17) is 4.74 Å². The molecule has 0 saturated heterocycles. The highest BCUT2D eigenvalue weighted by atomic mass is 19.4. The topological polar surface area (TPSA) is 38.2 Å². The molecule has 29 heavy (non-hydrogen) atoms. The van der Waals surface area contributed by atoms with Gasteiger partial charge in [0.15, 0.2) is 0 Å². The molecule has 0 atom stereocenters. The molecular weight excluding hydrogens is 400 g/mol. The number of alkyl halides is 6. The number of rotatable bonds is 10. The summed E-state index contributed by atoms with van der Waals surface area (Å²) < 4.78 is 83.0. The van der Waals surface area contributed by atoms with Crippen LogP contribution < -0.4 is 9.64 Å². The molecule has 0 fully saturated rings. The van der Waals surface area contributed by atoms with E-state index in [9.17, 15) is 26.3 Å². The van der Waals surface area contributed by atoms with Crippen LogP contribution in [0.15, 0.2) is 5.57 Å². The van der Waals surface area contributed by atoms with Gasteiger partial charge in [0.2, 0.25) is 11.8 Å². The van der Waals surface area contributed by atoms with E-state index >= 15 is 0 Å². The van der Waals surface area contributed by atoms with E-state index in [0.29, 0.717) is 13.1 Å². The maximum atomic E-state index is 13.0. The summed E-state index contributed by atoms with van der Waals surface area (Å²) in [6.45, 7) is 8.25. The molecule has 0 aliphatic rings. The Labute approximate surface area is 167 Å².